The zero-order valence-electron chi connectivity index (χ0n) is 12.1. The maximum Gasteiger partial charge on any atom is 0.323 e. The lowest BCUT2D eigenvalue weighted by Gasteiger charge is -2.27. The molecular formula is C15H14N2O5S. The van der Waals surface area contributed by atoms with E-state index in [1.165, 1.54) is 16.7 Å². The van der Waals surface area contributed by atoms with Crippen LogP contribution in [0.5, 0.6) is 0 Å². The molecule has 8 heteroatoms. The second-order valence-electron chi connectivity index (χ2n) is 5.30. The summed E-state index contributed by atoms with van der Waals surface area (Å²) in [6.07, 6.45) is 0.324. The fraction of sp³-hybridized carbons (Fsp3) is 0.333. The molecular weight excluding hydrogens is 320 g/mol. The predicted molar refractivity (Wildman–Crippen MR) is 82.0 cm³/mol. The minimum atomic E-state index is -1.12. The van der Waals surface area contributed by atoms with Crippen LogP contribution in [0.1, 0.15) is 27.1 Å². The van der Waals surface area contributed by atoms with Crippen LogP contribution in [0.3, 0.4) is 0 Å². The van der Waals surface area contributed by atoms with Crippen molar-refractivity contribution in [3.63, 3.8) is 0 Å². The molecule has 1 atom stereocenters. The molecule has 1 N–H and O–H groups in total. The second-order valence-corrected chi connectivity index (χ2v) is 6.37. The maximum atomic E-state index is 12.6. The van der Waals surface area contributed by atoms with Gasteiger partial charge in [-0.25, -0.2) is 0 Å². The van der Waals surface area contributed by atoms with Gasteiger partial charge in [-0.3, -0.25) is 24.1 Å². The van der Waals surface area contributed by atoms with Crippen molar-refractivity contribution >= 4 is 35.5 Å². The molecule has 2 aliphatic rings. The van der Waals surface area contributed by atoms with Crippen molar-refractivity contribution in [3.8, 4) is 0 Å². The molecule has 0 bridgehead atoms. The van der Waals surface area contributed by atoms with Gasteiger partial charge in [0.05, 0.1) is 17.0 Å². The number of aliphatic carboxylic acids is 1. The normalized spacial score (nSPS) is 21.4. The van der Waals surface area contributed by atoms with E-state index in [4.69, 9.17) is 5.11 Å². The summed E-state index contributed by atoms with van der Waals surface area (Å²) in [6.45, 7) is -0.439. The van der Waals surface area contributed by atoms with Gasteiger partial charge in [0.15, 0.2) is 0 Å². The number of carboxylic acids is 1. The van der Waals surface area contributed by atoms with Crippen molar-refractivity contribution < 1.29 is 24.3 Å². The second kappa shape index (κ2) is 6.04. The smallest absolute Gasteiger partial charge is 0.323 e. The molecule has 1 saturated heterocycles. The molecule has 0 saturated carbocycles. The van der Waals surface area contributed by atoms with Crippen LogP contribution in [0.4, 0.5) is 0 Å². The Morgan fingerprint density at radius 3 is 2.35 bits per heavy atom. The van der Waals surface area contributed by atoms with Crippen molar-refractivity contribution in [1.82, 2.24) is 9.80 Å². The Morgan fingerprint density at radius 1 is 1.17 bits per heavy atom. The molecule has 2 aliphatic heterocycles. The summed E-state index contributed by atoms with van der Waals surface area (Å²) >= 11 is 1.41. The zero-order chi connectivity index (χ0) is 16.6. The molecule has 1 aromatic rings. The summed E-state index contributed by atoms with van der Waals surface area (Å²) in [6, 6.07) is 5.49. The van der Waals surface area contributed by atoms with E-state index in [1.807, 2.05) is 0 Å². The van der Waals surface area contributed by atoms with E-state index in [-0.39, 0.29) is 17.0 Å². The number of fused-ring (bicyclic) bond motifs is 1. The highest BCUT2D eigenvalue weighted by Gasteiger charge is 2.44. The highest BCUT2D eigenvalue weighted by atomic mass is 32.2. The first-order valence-corrected chi connectivity index (χ1v) is 8.21. The van der Waals surface area contributed by atoms with Gasteiger partial charge in [0, 0.05) is 0 Å². The molecule has 0 aliphatic carbocycles. The van der Waals surface area contributed by atoms with Crippen LogP contribution >= 0.6 is 11.8 Å². The van der Waals surface area contributed by atoms with Gasteiger partial charge in [0.2, 0.25) is 5.91 Å². The summed E-state index contributed by atoms with van der Waals surface area (Å²) in [5, 5.41) is 8.92. The Bertz CT molecular complexity index is 670. The minimum absolute atomic E-state index is 0.241. The van der Waals surface area contributed by atoms with E-state index in [1.54, 1.807) is 24.3 Å². The lowest BCUT2D eigenvalue weighted by atomic mass is 10.1. The van der Waals surface area contributed by atoms with Crippen LogP contribution in [0.15, 0.2) is 24.3 Å². The number of hydrogen-bond donors (Lipinski definition) is 1. The summed E-state index contributed by atoms with van der Waals surface area (Å²) < 4.78 is 0. The van der Waals surface area contributed by atoms with Crippen LogP contribution in [-0.4, -0.2) is 62.8 Å². The molecule has 0 spiro atoms. The molecule has 1 aromatic carbocycles. The summed E-state index contributed by atoms with van der Waals surface area (Å²) in [4.78, 5) is 50.7. The Morgan fingerprint density at radius 2 is 1.78 bits per heavy atom. The van der Waals surface area contributed by atoms with Gasteiger partial charge in [0.1, 0.15) is 12.6 Å². The van der Waals surface area contributed by atoms with Crippen LogP contribution in [0, 0.1) is 0 Å². The average molecular weight is 334 g/mol. The van der Waals surface area contributed by atoms with Crippen LogP contribution in [-0.2, 0) is 9.59 Å². The van der Waals surface area contributed by atoms with E-state index < -0.39 is 36.3 Å². The molecule has 7 nitrogen and oxygen atoms in total. The number of hydrogen-bond acceptors (Lipinski definition) is 5. The van der Waals surface area contributed by atoms with E-state index in [0.717, 1.165) is 4.90 Å². The van der Waals surface area contributed by atoms with Gasteiger partial charge in [-0.1, -0.05) is 12.1 Å². The van der Waals surface area contributed by atoms with Crippen molar-refractivity contribution in [3.05, 3.63) is 35.4 Å². The predicted octanol–water partition coefficient (Wildman–Crippen LogP) is 0.659. The van der Waals surface area contributed by atoms with Crippen molar-refractivity contribution in [2.24, 2.45) is 0 Å². The van der Waals surface area contributed by atoms with Crippen molar-refractivity contribution in [2.75, 3.05) is 18.2 Å². The lowest BCUT2D eigenvalue weighted by molar-refractivity contribution is -0.145. The largest absolute Gasteiger partial charge is 0.480 e. The summed E-state index contributed by atoms with van der Waals surface area (Å²) in [7, 11) is 0. The molecule has 1 fully saturated rings. The van der Waals surface area contributed by atoms with Gasteiger partial charge >= 0.3 is 5.97 Å². The molecule has 3 rings (SSSR count). The number of benzene rings is 1. The number of rotatable bonds is 3. The van der Waals surface area contributed by atoms with Crippen LogP contribution in [0.25, 0.3) is 0 Å². The van der Waals surface area contributed by atoms with Gasteiger partial charge in [-0.15, -0.1) is 11.8 Å². The van der Waals surface area contributed by atoms with Crippen LogP contribution in [0.2, 0.25) is 0 Å². The lowest BCUT2D eigenvalue weighted by Crippen LogP contribution is -2.51. The van der Waals surface area contributed by atoms with E-state index >= 15 is 0 Å². The molecule has 0 radical (unpaired) electrons. The third-order valence-corrected chi connectivity index (χ3v) is 4.86. The molecule has 3 amide bonds. The zero-order valence-corrected chi connectivity index (χ0v) is 12.9. The Kier molecular flexibility index (Phi) is 4.08. The number of amides is 3. The van der Waals surface area contributed by atoms with Gasteiger partial charge in [0.25, 0.3) is 11.8 Å². The monoisotopic (exact) mass is 334 g/mol. The van der Waals surface area contributed by atoms with E-state index in [0.29, 0.717) is 12.2 Å². The number of nitrogens with zero attached hydrogens (tertiary/aromatic N) is 2. The quantitative estimate of drug-likeness (QED) is 0.816. The fourth-order valence-electron chi connectivity index (χ4n) is 2.78. The molecule has 0 aromatic heterocycles. The Labute approximate surface area is 136 Å². The standard InChI is InChI=1S/C15H14N2O5S/c18-12(19)7-16-8-23-6-5-11(15(16)22)17-13(20)9-3-1-2-4-10(9)14(17)21/h1-4,11H,5-8H2,(H,18,19). The first-order chi connectivity index (χ1) is 11.0. The summed E-state index contributed by atoms with van der Waals surface area (Å²) in [5.41, 5.74) is 0.568. The Balaban J connectivity index is 1.91. The number of carbonyl (C=O) groups excluding carboxylic acids is 3. The number of imide groups is 1. The fourth-order valence-corrected chi connectivity index (χ4v) is 3.74. The molecule has 120 valence electrons. The molecule has 23 heavy (non-hydrogen) atoms. The number of carboxylic acid groups (broad SMARTS) is 1. The SMILES string of the molecule is O=C(O)CN1CSCCC(N2C(=O)c3ccccc3C2=O)C1=O. The van der Waals surface area contributed by atoms with Gasteiger partial charge < -0.3 is 10.0 Å². The molecule has 1 unspecified atom stereocenters. The van der Waals surface area contributed by atoms with Crippen molar-refractivity contribution in [2.45, 2.75) is 12.5 Å². The highest BCUT2D eigenvalue weighted by Crippen LogP contribution is 2.28. The average Bonchev–Trinajstić information content (AvgIpc) is 2.66. The topological polar surface area (TPSA) is 95.0 Å². The first kappa shape index (κ1) is 15.5. The molecule has 2 heterocycles. The first-order valence-electron chi connectivity index (χ1n) is 7.06. The van der Waals surface area contributed by atoms with E-state index in [2.05, 4.69) is 0 Å². The number of thioether (sulfide) groups is 1. The number of carbonyl (C=O) groups is 4. The van der Waals surface area contributed by atoms with Crippen LogP contribution < -0.4 is 0 Å². The maximum absolute atomic E-state index is 12.6. The third kappa shape index (κ3) is 2.70. The summed E-state index contributed by atoms with van der Waals surface area (Å²) in [5.74, 6) is -1.80. The van der Waals surface area contributed by atoms with Crippen molar-refractivity contribution in [1.29, 1.82) is 0 Å². The van der Waals surface area contributed by atoms with E-state index in [9.17, 15) is 19.2 Å². The highest BCUT2D eigenvalue weighted by molar-refractivity contribution is 7.99. The Hall–Kier alpha value is -2.35. The van der Waals surface area contributed by atoms with Gasteiger partial charge in [-0.05, 0) is 24.3 Å². The minimum Gasteiger partial charge on any atom is -0.480 e. The third-order valence-electron chi connectivity index (χ3n) is 3.84. The van der Waals surface area contributed by atoms with Gasteiger partial charge in [-0.2, -0.15) is 0 Å².